The fourth-order valence-corrected chi connectivity index (χ4v) is 3.47. The van der Waals surface area contributed by atoms with Gasteiger partial charge in [0, 0.05) is 21.9 Å². The fraction of sp³-hybridized carbons (Fsp3) is 0.438. The van der Waals surface area contributed by atoms with Crippen molar-refractivity contribution in [2.75, 3.05) is 7.11 Å². The first-order valence-electron chi connectivity index (χ1n) is 6.93. The molecule has 0 radical (unpaired) electrons. The zero-order valence-electron chi connectivity index (χ0n) is 12.1. The van der Waals surface area contributed by atoms with Gasteiger partial charge in [0.1, 0.15) is 10.8 Å². The van der Waals surface area contributed by atoms with Crippen LogP contribution in [0, 0.1) is 0 Å². The standard InChI is InChI=1S/C16H20N2OS/c1-16(2,17)14-13(10-7-8-10)18-15(20-14)11-5-4-6-12(9-11)19-3/h4-6,9-10H,7-8,17H2,1-3H3. The monoisotopic (exact) mass is 288 g/mol. The molecule has 4 heteroatoms. The van der Waals surface area contributed by atoms with E-state index in [9.17, 15) is 0 Å². The maximum Gasteiger partial charge on any atom is 0.124 e. The number of nitrogens with two attached hydrogens (primary N) is 1. The van der Waals surface area contributed by atoms with Gasteiger partial charge in [-0.3, -0.25) is 0 Å². The molecule has 2 aromatic rings. The second-order valence-corrected chi connectivity index (χ2v) is 6.96. The number of nitrogens with zero attached hydrogens (tertiary/aromatic N) is 1. The van der Waals surface area contributed by atoms with E-state index in [2.05, 4.69) is 19.9 Å². The highest BCUT2D eigenvalue weighted by atomic mass is 32.1. The van der Waals surface area contributed by atoms with E-state index >= 15 is 0 Å². The Hall–Kier alpha value is -1.39. The van der Waals surface area contributed by atoms with Crippen molar-refractivity contribution < 1.29 is 4.74 Å². The lowest BCUT2D eigenvalue weighted by Gasteiger charge is -2.17. The molecule has 2 N–H and O–H groups in total. The summed E-state index contributed by atoms with van der Waals surface area (Å²) in [4.78, 5) is 6.09. The lowest BCUT2D eigenvalue weighted by atomic mass is 10.0. The summed E-state index contributed by atoms with van der Waals surface area (Å²) in [5.41, 5.74) is 8.30. The molecule has 3 rings (SSSR count). The van der Waals surface area contributed by atoms with Crippen molar-refractivity contribution in [3.63, 3.8) is 0 Å². The average Bonchev–Trinajstić information content (AvgIpc) is 3.16. The Balaban J connectivity index is 2.05. The molecule has 0 aliphatic heterocycles. The zero-order chi connectivity index (χ0) is 14.3. The van der Waals surface area contributed by atoms with Gasteiger partial charge in [0.05, 0.1) is 12.8 Å². The summed E-state index contributed by atoms with van der Waals surface area (Å²) in [5, 5.41) is 1.04. The van der Waals surface area contributed by atoms with Crippen molar-refractivity contribution in [3.8, 4) is 16.3 Å². The van der Waals surface area contributed by atoms with Gasteiger partial charge in [0.25, 0.3) is 0 Å². The van der Waals surface area contributed by atoms with E-state index < -0.39 is 0 Å². The molecule has 1 aromatic carbocycles. The fourth-order valence-electron chi connectivity index (χ4n) is 2.31. The van der Waals surface area contributed by atoms with E-state index in [1.54, 1.807) is 18.4 Å². The highest BCUT2D eigenvalue weighted by molar-refractivity contribution is 7.15. The third-order valence-corrected chi connectivity index (χ3v) is 4.98. The van der Waals surface area contributed by atoms with E-state index in [4.69, 9.17) is 15.5 Å². The Morgan fingerprint density at radius 3 is 2.70 bits per heavy atom. The van der Waals surface area contributed by atoms with Crippen LogP contribution in [0.3, 0.4) is 0 Å². The minimum absolute atomic E-state index is 0.327. The third kappa shape index (κ3) is 2.58. The quantitative estimate of drug-likeness (QED) is 0.928. The van der Waals surface area contributed by atoms with E-state index in [1.165, 1.54) is 23.4 Å². The Labute approximate surface area is 123 Å². The van der Waals surface area contributed by atoms with Crippen LogP contribution in [-0.2, 0) is 5.54 Å². The van der Waals surface area contributed by atoms with Gasteiger partial charge in [0.2, 0.25) is 0 Å². The second-order valence-electron chi connectivity index (χ2n) is 5.96. The Morgan fingerprint density at radius 1 is 1.35 bits per heavy atom. The minimum atomic E-state index is -0.327. The van der Waals surface area contributed by atoms with Gasteiger partial charge >= 0.3 is 0 Å². The van der Waals surface area contributed by atoms with Gasteiger partial charge in [-0.05, 0) is 38.8 Å². The summed E-state index contributed by atoms with van der Waals surface area (Å²) in [6.45, 7) is 4.11. The van der Waals surface area contributed by atoms with Crippen molar-refractivity contribution in [3.05, 3.63) is 34.8 Å². The van der Waals surface area contributed by atoms with Crippen LogP contribution in [0.5, 0.6) is 5.75 Å². The summed E-state index contributed by atoms with van der Waals surface area (Å²) in [6, 6.07) is 8.06. The smallest absolute Gasteiger partial charge is 0.124 e. The molecule has 1 heterocycles. The van der Waals surface area contributed by atoms with Crippen LogP contribution >= 0.6 is 11.3 Å². The van der Waals surface area contributed by atoms with Gasteiger partial charge in [0.15, 0.2) is 0 Å². The molecule has 0 atom stereocenters. The Bertz CT molecular complexity index is 624. The first-order chi connectivity index (χ1) is 9.49. The predicted molar refractivity (Wildman–Crippen MR) is 83.3 cm³/mol. The van der Waals surface area contributed by atoms with Crippen LogP contribution < -0.4 is 10.5 Å². The van der Waals surface area contributed by atoms with Crippen molar-refractivity contribution in [2.45, 2.75) is 38.1 Å². The molecule has 0 amide bonds. The average molecular weight is 288 g/mol. The van der Waals surface area contributed by atoms with E-state index in [0.29, 0.717) is 5.92 Å². The number of aromatic nitrogens is 1. The topological polar surface area (TPSA) is 48.1 Å². The van der Waals surface area contributed by atoms with E-state index in [0.717, 1.165) is 16.3 Å². The Kier molecular flexibility index (Phi) is 3.30. The maximum atomic E-state index is 6.32. The molecule has 20 heavy (non-hydrogen) atoms. The molecular formula is C16H20N2OS. The predicted octanol–water partition coefficient (Wildman–Crippen LogP) is 3.89. The van der Waals surface area contributed by atoms with E-state index in [1.807, 2.05) is 18.2 Å². The van der Waals surface area contributed by atoms with Gasteiger partial charge in [-0.15, -0.1) is 11.3 Å². The molecule has 1 saturated carbocycles. The summed E-state index contributed by atoms with van der Waals surface area (Å²) in [5.74, 6) is 1.47. The van der Waals surface area contributed by atoms with Crippen molar-refractivity contribution in [1.82, 2.24) is 4.98 Å². The molecule has 1 aliphatic carbocycles. The van der Waals surface area contributed by atoms with Crippen LogP contribution in [0.25, 0.3) is 10.6 Å². The van der Waals surface area contributed by atoms with Gasteiger partial charge in [-0.1, -0.05) is 12.1 Å². The van der Waals surface area contributed by atoms with Crippen LogP contribution in [0.15, 0.2) is 24.3 Å². The molecule has 1 fully saturated rings. The molecular weight excluding hydrogens is 268 g/mol. The lowest BCUT2D eigenvalue weighted by molar-refractivity contribution is 0.415. The van der Waals surface area contributed by atoms with Crippen molar-refractivity contribution >= 4 is 11.3 Å². The molecule has 0 saturated heterocycles. The number of hydrogen-bond acceptors (Lipinski definition) is 4. The summed E-state index contributed by atoms with van der Waals surface area (Å²) < 4.78 is 5.29. The molecule has 1 aromatic heterocycles. The summed E-state index contributed by atoms with van der Waals surface area (Å²) in [7, 11) is 1.69. The van der Waals surface area contributed by atoms with Crippen LogP contribution in [0.1, 0.15) is 43.2 Å². The lowest BCUT2D eigenvalue weighted by Crippen LogP contribution is -2.28. The van der Waals surface area contributed by atoms with Crippen molar-refractivity contribution in [1.29, 1.82) is 0 Å². The second kappa shape index (κ2) is 4.86. The van der Waals surface area contributed by atoms with Gasteiger partial charge < -0.3 is 10.5 Å². The minimum Gasteiger partial charge on any atom is -0.497 e. The summed E-state index contributed by atoms with van der Waals surface area (Å²) in [6.07, 6.45) is 2.48. The van der Waals surface area contributed by atoms with Crippen molar-refractivity contribution in [2.24, 2.45) is 5.73 Å². The first-order valence-corrected chi connectivity index (χ1v) is 7.75. The number of hydrogen-bond donors (Lipinski definition) is 1. The molecule has 1 aliphatic rings. The number of thiazole rings is 1. The largest absolute Gasteiger partial charge is 0.497 e. The third-order valence-electron chi connectivity index (χ3n) is 3.52. The number of methoxy groups -OCH3 is 1. The number of ether oxygens (including phenoxy) is 1. The highest BCUT2D eigenvalue weighted by Gasteiger charge is 2.34. The van der Waals surface area contributed by atoms with Gasteiger partial charge in [-0.25, -0.2) is 4.98 Å². The SMILES string of the molecule is COc1cccc(-c2nc(C3CC3)c(C(C)(C)N)s2)c1. The number of benzene rings is 1. The first kappa shape index (κ1) is 13.6. The van der Waals surface area contributed by atoms with Crippen LogP contribution in [-0.4, -0.2) is 12.1 Å². The Morgan fingerprint density at radius 2 is 2.10 bits per heavy atom. The molecule has 3 nitrogen and oxygen atoms in total. The molecule has 106 valence electrons. The van der Waals surface area contributed by atoms with Crippen LogP contribution in [0.2, 0.25) is 0 Å². The molecule has 0 bridgehead atoms. The maximum absolute atomic E-state index is 6.32. The number of rotatable bonds is 4. The molecule has 0 unspecified atom stereocenters. The highest BCUT2D eigenvalue weighted by Crippen LogP contribution is 2.46. The zero-order valence-corrected chi connectivity index (χ0v) is 13.0. The van der Waals surface area contributed by atoms with E-state index in [-0.39, 0.29) is 5.54 Å². The van der Waals surface area contributed by atoms with Gasteiger partial charge in [-0.2, -0.15) is 0 Å². The molecule has 0 spiro atoms. The summed E-state index contributed by atoms with van der Waals surface area (Å²) >= 11 is 1.72. The van der Waals surface area contributed by atoms with Crippen LogP contribution in [0.4, 0.5) is 0 Å². The normalized spacial score (nSPS) is 15.4.